The summed E-state index contributed by atoms with van der Waals surface area (Å²) >= 11 is 0. The summed E-state index contributed by atoms with van der Waals surface area (Å²) in [6.45, 7) is 2.09. The number of amides is 1. The fourth-order valence-electron chi connectivity index (χ4n) is 1.51. The van der Waals surface area contributed by atoms with Gasteiger partial charge in [-0.05, 0) is 19.1 Å². The third-order valence-corrected chi connectivity index (χ3v) is 2.59. The normalized spacial score (nSPS) is 10.2. The lowest BCUT2D eigenvalue weighted by Gasteiger charge is -2.06. The van der Waals surface area contributed by atoms with Crippen molar-refractivity contribution in [1.82, 2.24) is 10.2 Å². The van der Waals surface area contributed by atoms with Crippen LogP contribution in [0.2, 0.25) is 0 Å². The SMILES string of the molecule is Cc1[nH]nc(NC(=O)CCOc2ccccc2)c1N. The summed E-state index contributed by atoms with van der Waals surface area (Å²) in [6.07, 6.45) is 0.236. The number of aromatic amines is 1. The Morgan fingerprint density at radius 2 is 2.16 bits per heavy atom. The number of H-pyrrole nitrogens is 1. The van der Waals surface area contributed by atoms with Crippen LogP contribution in [0.4, 0.5) is 11.5 Å². The first kappa shape index (κ1) is 12.9. The van der Waals surface area contributed by atoms with E-state index >= 15 is 0 Å². The molecule has 0 saturated heterocycles. The summed E-state index contributed by atoms with van der Waals surface area (Å²) < 4.78 is 5.43. The highest BCUT2D eigenvalue weighted by molar-refractivity contribution is 5.92. The summed E-state index contributed by atoms with van der Waals surface area (Å²) in [7, 11) is 0. The number of rotatable bonds is 5. The quantitative estimate of drug-likeness (QED) is 0.763. The molecule has 4 N–H and O–H groups in total. The topological polar surface area (TPSA) is 93.0 Å². The van der Waals surface area contributed by atoms with Crippen molar-refractivity contribution in [3.63, 3.8) is 0 Å². The number of nitrogens with two attached hydrogens (primary N) is 1. The molecule has 1 aromatic carbocycles. The van der Waals surface area contributed by atoms with Crippen molar-refractivity contribution in [3.05, 3.63) is 36.0 Å². The molecule has 0 aliphatic rings. The van der Waals surface area contributed by atoms with E-state index in [0.717, 1.165) is 11.4 Å². The number of hydrogen-bond acceptors (Lipinski definition) is 4. The van der Waals surface area contributed by atoms with Gasteiger partial charge in [-0.25, -0.2) is 0 Å². The van der Waals surface area contributed by atoms with E-state index in [-0.39, 0.29) is 12.3 Å². The molecule has 1 heterocycles. The number of nitrogens with one attached hydrogen (secondary N) is 2. The van der Waals surface area contributed by atoms with Gasteiger partial charge in [-0.15, -0.1) is 0 Å². The zero-order valence-corrected chi connectivity index (χ0v) is 10.6. The van der Waals surface area contributed by atoms with Crippen molar-refractivity contribution >= 4 is 17.4 Å². The van der Waals surface area contributed by atoms with Crippen molar-refractivity contribution in [1.29, 1.82) is 0 Å². The van der Waals surface area contributed by atoms with Crippen LogP contribution in [-0.2, 0) is 4.79 Å². The number of nitrogens with zero attached hydrogens (tertiary/aromatic N) is 1. The highest BCUT2D eigenvalue weighted by Gasteiger charge is 2.10. The molecule has 0 unspecified atom stereocenters. The van der Waals surface area contributed by atoms with Crippen molar-refractivity contribution < 1.29 is 9.53 Å². The van der Waals surface area contributed by atoms with Gasteiger partial charge >= 0.3 is 0 Å². The second-order valence-corrected chi connectivity index (χ2v) is 4.07. The lowest BCUT2D eigenvalue weighted by atomic mass is 10.3. The van der Waals surface area contributed by atoms with Crippen molar-refractivity contribution in [2.75, 3.05) is 17.7 Å². The van der Waals surface area contributed by atoms with Crippen LogP contribution in [0.15, 0.2) is 30.3 Å². The summed E-state index contributed by atoms with van der Waals surface area (Å²) in [5, 5.41) is 9.23. The van der Waals surface area contributed by atoms with E-state index in [1.54, 1.807) is 6.92 Å². The van der Waals surface area contributed by atoms with Gasteiger partial charge in [0.25, 0.3) is 0 Å². The second-order valence-electron chi connectivity index (χ2n) is 4.07. The van der Waals surface area contributed by atoms with Gasteiger partial charge in [0.2, 0.25) is 5.91 Å². The van der Waals surface area contributed by atoms with Crippen molar-refractivity contribution in [2.24, 2.45) is 0 Å². The van der Waals surface area contributed by atoms with Crippen molar-refractivity contribution in [2.45, 2.75) is 13.3 Å². The molecule has 0 aliphatic heterocycles. The minimum atomic E-state index is -0.186. The number of anilines is 2. The first-order valence-corrected chi connectivity index (χ1v) is 5.95. The van der Waals surface area contributed by atoms with E-state index in [1.807, 2.05) is 30.3 Å². The second kappa shape index (κ2) is 5.90. The standard InChI is InChI=1S/C13H16N4O2/c1-9-12(14)13(17-16-9)15-11(18)7-8-19-10-5-3-2-4-6-10/h2-6H,7-8,14H2,1H3,(H2,15,16,17,18). The summed E-state index contributed by atoms with van der Waals surface area (Å²) in [6, 6.07) is 9.34. The third kappa shape index (κ3) is 3.48. The van der Waals surface area contributed by atoms with E-state index < -0.39 is 0 Å². The lowest BCUT2D eigenvalue weighted by molar-refractivity contribution is -0.116. The molecule has 100 valence electrons. The Bertz CT molecular complexity index is 551. The molecule has 0 aliphatic carbocycles. The number of aryl methyl sites for hydroxylation is 1. The average molecular weight is 260 g/mol. The zero-order valence-electron chi connectivity index (χ0n) is 10.6. The molecule has 1 amide bonds. The molecule has 2 aromatic rings. The maximum atomic E-state index is 11.7. The molecule has 6 nitrogen and oxygen atoms in total. The van der Waals surface area contributed by atoms with Gasteiger partial charge in [-0.2, -0.15) is 5.10 Å². The van der Waals surface area contributed by atoms with Crippen LogP contribution in [0, 0.1) is 6.92 Å². The molecule has 19 heavy (non-hydrogen) atoms. The fourth-order valence-corrected chi connectivity index (χ4v) is 1.51. The van der Waals surface area contributed by atoms with E-state index in [0.29, 0.717) is 18.1 Å². The molecular formula is C13H16N4O2. The van der Waals surface area contributed by atoms with Crippen LogP contribution in [-0.4, -0.2) is 22.7 Å². The van der Waals surface area contributed by atoms with E-state index in [1.165, 1.54) is 0 Å². The molecular weight excluding hydrogens is 244 g/mol. The lowest BCUT2D eigenvalue weighted by Crippen LogP contribution is -2.16. The number of ether oxygens (including phenoxy) is 1. The minimum Gasteiger partial charge on any atom is -0.493 e. The minimum absolute atomic E-state index is 0.186. The Hall–Kier alpha value is -2.50. The highest BCUT2D eigenvalue weighted by atomic mass is 16.5. The predicted octanol–water partition coefficient (Wildman–Crippen LogP) is 1.71. The molecule has 0 saturated carbocycles. The predicted molar refractivity (Wildman–Crippen MR) is 72.9 cm³/mol. The van der Waals surface area contributed by atoms with Gasteiger partial charge in [-0.3, -0.25) is 9.89 Å². The maximum absolute atomic E-state index is 11.7. The van der Waals surface area contributed by atoms with Gasteiger partial charge in [0.1, 0.15) is 5.75 Å². The van der Waals surface area contributed by atoms with E-state index in [4.69, 9.17) is 10.5 Å². The van der Waals surface area contributed by atoms with Gasteiger partial charge in [0.05, 0.1) is 24.4 Å². The first-order chi connectivity index (χ1) is 9.16. The molecule has 1 aromatic heterocycles. The van der Waals surface area contributed by atoms with Crippen LogP contribution >= 0.6 is 0 Å². The molecule has 0 fully saturated rings. The third-order valence-electron chi connectivity index (χ3n) is 2.59. The van der Waals surface area contributed by atoms with Gasteiger partial charge in [-0.1, -0.05) is 18.2 Å². The number of carbonyl (C=O) groups is 1. The largest absolute Gasteiger partial charge is 0.493 e. The van der Waals surface area contributed by atoms with Crippen LogP contribution in [0.25, 0.3) is 0 Å². The molecule has 2 rings (SSSR count). The Kier molecular flexibility index (Phi) is 4.02. The molecule has 6 heteroatoms. The number of hydrogen-bond donors (Lipinski definition) is 3. The maximum Gasteiger partial charge on any atom is 0.229 e. The van der Waals surface area contributed by atoms with Crippen LogP contribution < -0.4 is 15.8 Å². The summed E-state index contributed by atoms with van der Waals surface area (Å²) in [4.78, 5) is 11.7. The average Bonchev–Trinajstić information content (AvgIpc) is 2.72. The van der Waals surface area contributed by atoms with Crippen LogP contribution in [0.5, 0.6) is 5.75 Å². The number of benzene rings is 1. The number of para-hydroxylation sites is 1. The van der Waals surface area contributed by atoms with E-state index in [9.17, 15) is 4.79 Å². The van der Waals surface area contributed by atoms with Gasteiger partial charge < -0.3 is 15.8 Å². The fraction of sp³-hybridized carbons (Fsp3) is 0.231. The summed E-state index contributed by atoms with van der Waals surface area (Å²) in [5.41, 5.74) is 6.92. The van der Waals surface area contributed by atoms with Crippen LogP contribution in [0.1, 0.15) is 12.1 Å². The summed E-state index contributed by atoms with van der Waals surface area (Å²) in [5.74, 6) is 0.918. The van der Waals surface area contributed by atoms with Gasteiger partial charge in [0.15, 0.2) is 5.82 Å². The number of aromatic nitrogens is 2. The van der Waals surface area contributed by atoms with E-state index in [2.05, 4.69) is 15.5 Å². The monoisotopic (exact) mass is 260 g/mol. The molecule has 0 bridgehead atoms. The van der Waals surface area contributed by atoms with Crippen molar-refractivity contribution in [3.8, 4) is 5.75 Å². The molecule has 0 atom stereocenters. The Morgan fingerprint density at radius 1 is 1.42 bits per heavy atom. The van der Waals surface area contributed by atoms with Gasteiger partial charge in [0, 0.05) is 0 Å². The number of carbonyl (C=O) groups excluding carboxylic acids is 1. The Morgan fingerprint density at radius 3 is 2.79 bits per heavy atom. The Labute approximate surface area is 111 Å². The molecule has 0 spiro atoms. The number of nitrogen functional groups attached to an aromatic ring is 1. The smallest absolute Gasteiger partial charge is 0.229 e. The zero-order chi connectivity index (χ0) is 13.7. The molecule has 0 radical (unpaired) electrons. The highest BCUT2D eigenvalue weighted by Crippen LogP contribution is 2.17. The first-order valence-electron chi connectivity index (χ1n) is 5.95. The Balaban J connectivity index is 1.78. The van der Waals surface area contributed by atoms with Crippen LogP contribution in [0.3, 0.4) is 0 Å².